The van der Waals surface area contributed by atoms with Gasteiger partial charge < -0.3 is 10.7 Å². The molecule has 1 heterocycles. The molecule has 6 heteroatoms. The number of aldehydes is 1. The van der Waals surface area contributed by atoms with Crippen molar-refractivity contribution < 1.29 is 13.6 Å². The number of alkyl halides is 2. The molecule has 1 aromatic heterocycles. The maximum absolute atomic E-state index is 12.2. The molecule has 0 aliphatic carbocycles. The lowest BCUT2D eigenvalue weighted by Gasteiger charge is -2.04. The number of carbonyl (C=O) groups excluding carboxylic acids is 1. The van der Waals surface area contributed by atoms with Crippen molar-refractivity contribution in [3.05, 3.63) is 33.2 Å². The van der Waals surface area contributed by atoms with Gasteiger partial charge >= 0.3 is 0 Å². The highest BCUT2D eigenvalue weighted by molar-refractivity contribution is 5.74. The lowest BCUT2D eigenvalue weighted by molar-refractivity contribution is 0.111. The number of aromatic amines is 1. The van der Waals surface area contributed by atoms with Crippen LogP contribution in [0.5, 0.6) is 0 Å². The topological polar surface area (TPSA) is 76.0 Å². The number of halogens is 2. The Labute approximate surface area is 77.7 Å². The van der Waals surface area contributed by atoms with Gasteiger partial charge in [-0.05, 0) is 11.6 Å². The van der Waals surface area contributed by atoms with Crippen molar-refractivity contribution in [3.63, 3.8) is 0 Å². The minimum absolute atomic E-state index is 0.0538. The maximum atomic E-state index is 12.2. The quantitative estimate of drug-likeness (QED) is 0.704. The third kappa shape index (κ3) is 1.85. The van der Waals surface area contributed by atoms with Gasteiger partial charge in [-0.25, -0.2) is 8.78 Å². The largest absolute Gasteiger partial charge is 0.326 e. The van der Waals surface area contributed by atoms with Gasteiger partial charge in [0.15, 0.2) is 6.29 Å². The van der Waals surface area contributed by atoms with Crippen LogP contribution in [0.4, 0.5) is 8.78 Å². The second kappa shape index (κ2) is 4.10. The molecule has 0 spiro atoms. The predicted molar refractivity (Wildman–Crippen MR) is 45.3 cm³/mol. The monoisotopic (exact) mass is 202 g/mol. The highest BCUT2D eigenvalue weighted by Gasteiger charge is 2.14. The Morgan fingerprint density at radius 3 is 2.64 bits per heavy atom. The molecule has 0 unspecified atom stereocenters. The first kappa shape index (κ1) is 10.5. The Morgan fingerprint density at radius 2 is 2.21 bits per heavy atom. The van der Waals surface area contributed by atoms with Crippen molar-refractivity contribution in [2.24, 2.45) is 5.73 Å². The summed E-state index contributed by atoms with van der Waals surface area (Å²) in [5.41, 5.74) is 3.74. The Balaban J connectivity index is 3.38. The highest BCUT2D eigenvalue weighted by atomic mass is 19.3. The van der Waals surface area contributed by atoms with Gasteiger partial charge in [-0.3, -0.25) is 9.59 Å². The normalized spacial score (nSPS) is 10.6. The summed E-state index contributed by atoms with van der Waals surface area (Å²) in [6, 6.07) is 0.952. The fraction of sp³-hybridized carbons (Fsp3) is 0.250. The molecular formula is C8H8F2N2O2. The number of H-pyrrole nitrogens is 1. The van der Waals surface area contributed by atoms with E-state index in [1.807, 2.05) is 4.98 Å². The molecule has 1 rings (SSSR count). The summed E-state index contributed by atoms with van der Waals surface area (Å²) in [4.78, 5) is 23.4. The third-order valence-corrected chi connectivity index (χ3v) is 1.76. The second-order valence-electron chi connectivity index (χ2n) is 2.62. The standard InChI is InChI=1S/C8H8F2N2O2/c9-7(10)5-1-4(2-11)6(3-13)12-8(5)14/h1,3,7H,2,11H2,(H,12,14). The molecule has 14 heavy (non-hydrogen) atoms. The molecular weight excluding hydrogens is 194 g/mol. The van der Waals surface area contributed by atoms with Gasteiger partial charge in [0, 0.05) is 6.54 Å². The smallest absolute Gasteiger partial charge is 0.269 e. The Kier molecular flexibility index (Phi) is 3.08. The van der Waals surface area contributed by atoms with E-state index in [2.05, 4.69) is 0 Å². The number of pyridine rings is 1. The van der Waals surface area contributed by atoms with Gasteiger partial charge in [0.05, 0.1) is 11.3 Å². The molecule has 0 fully saturated rings. The van der Waals surface area contributed by atoms with E-state index in [1.165, 1.54) is 0 Å². The van der Waals surface area contributed by atoms with Crippen LogP contribution in [0.3, 0.4) is 0 Å². The molecule has 0 aliphatic heterocycles. The molecule has 0 saturated heterocycles. The number of aromatic nitrogens is 1. The van der Waals surface area contributed by atoms with Crippen LogP contribution in [-0.2, 0) is 6.54 Å². The number of rotatable bonds is 3. The lowest BCUT2D eigenvalue weighted by Crippen LogP contribution is -2.18. The van der Waals surface area contributed by atoms with E-state index in [1.54, 1.807) is 0 Å². The van der Waals surface area contributed by atoms with Crippen molar-refractivity contribution in [2.75, 3.05) is 0 Å². The summed E-state index contributed by atoms with van der Waals surface area (Å²) < 4.78 is 24.5. The minimum atomic E-state index is -2.87. The molecule has 0 aliphatic rings. The van der Waals surface area contributed by atoms with Crippen LogP contribution < -0.4 is 11.3 Å². The van der Waals surface area contributed by atoms with E-state index in [0.717, 1.165) is 6.07 Å². The first-order valence-corrected chi connectivity index (χ1v) is 3.79. The summed E-state index contributed by atoms with van der Waals surface area (Å²) in [5, 5.41) is 0. The van der Waals surface area contributed by atoms with Crippen molar-refractivity contribution in [1.29, 1.82) is 0 Å². The first-order valence-electron chi connectivity index (χ1n) is 3.79. The Morgan fingerprint density at radius 1 is 1.57 bits per heavy atom. The van der Waals surface area contributed by atoms with Gasteiger partial charge in [-0.2, -0.15) is 0 Å². The van der Waals surface area contributed by atoms with E-state index in [0.29, 0.717) is 6.29 Å². The van der Waals surface area contributed by atoms with Crippen molar-refractivity contribution in [3.8, 4) is 0 Å². The van der Waals surface area contributed by atoms with Crippen LogP contribution >= 0.6 is 0 Å². The van der Waals surface area contributed by atoms with Crippen LogP contribution in [0.15, 0.2) is 10.9 Å². The van der Waals surface area contributed by atoms with Gasteiger partial charge in [0.2, 0.25) is 0 Å². The van der Waals surface area contributed by atoms with Crippen molar-refractivity contribution >= 4 is 6.29 Å². The fourth-order valence-electron chi connectivity index (χ4n) is 1.04. The summed E-state index contributed by atoms with van der Waals surface area (Å²) in [5.74, 6) is 0. The fourth-order valence-corrected chi connectivity index (χ4v) is 1.04. The summed E-state index contributed by atoms with van der Waals surface area (Å²) in [6.45, 7) is -0.0788. The zero-order valence-corrected chi connectivity index (χ0v) is 7.09. The van der Waals surface area contributed by atoms with Gasteiger partial charge in [0.1, 0.15) is 0 Å². The summed E-state index contributed by atoms with van der Waals surface area (Å²) >= 11 is 0. The van der Waals surface area contributed by atoms with E-state index in [-0.39, 0.29) is 17.8 Å². The van der Waals surface area contributed by atoms with Gasteiger partial charge in [-0.15, -0.1) is 0 Å². The number of carbonyl (C=O) groups is 1. The summed E-state index contributed by atoms with van der Waals surface area (Å²) in [6.07, 6.45) is -2.50. The Hall–Kier alpha value is -1.56. The molecule has 4 nitrogen and oxygen atoms in total. The third-order valence-electron chi connectivity index (χ3n) is 1.76. The van der Waals surface area contributed by atoms with Crippen molar-refractivity contribution in [1.82, 2.24) is 4.98 Å². The van der Waals surface area contributed by atoms with Crippen LogP contribution in [0.2, 0.25) is 0 Å². The minimum Gasteiger partial charge on any atom is -0.326 e. The van der Waals surface area contributed by atoms with Crippen molar-refractivity contribution in [2.45, 2.75) is 13.0 Å². The molecule has 0 bridgehead atoms. The van der Waals surface area contributed by atoms with Crippen LogP contribution in [0, 0.1) is 0 Å². The maximum Gasteiger partial charge on any atom is 0.269 e. The molecule has 0 aromatic carbocycles. The number of hydrogen-bond acceptors (Lipinski definition) is 3. The molecule has 1 aromatic rings. The molecule has 0 amide bonds. The molecule has 0 saturated carbocycles. The van der Waals surface area contributed by atoms with E-state index >= 15 is 0 Å². The average Bonchev–Trinajstić information content (AvgIpc) is 2.16. The van der Waals surface area contributed by atoms with Gasteiger partial charge in [0.25, 0.3) is 12.0 Å². The van der Waals surface area contributed by atoms with Crippen LogP contribution in [0.25, 0.3) is 0 Å². The number of hydrogen-bond donors (Lipinski definition) is 2. The molecule has 3 N–H and O–H groups in total. The first-order chi connectivity index (χ1) is 6.60. The highest BCUT2D eigenvalue weighted by Crippen LogP contribution is 2.16. The summed E-state index contributed by atoms with van der Waals surface area (Å²) in [7, 11) is 0. The Bertz CT molecular complexity index is 401. The van der Waals surface area contributed by atoms with Crippen LogP contribution in [-0.4, -0.2) is 11.3 Å². The SMILES string of the molecule is NCc1cc(C(F)F)c(=O)[nH]c1C=O. The molecule has 0 radical (unpaired) electrons. The van der Waals surface area contributed by atoms with E-state index in [4.69, 9.17) is 5.73 Å². The number of nitrogens with one attached hydrogen (secondary N) is 1. The zero-order valence-electron chi connectivity index (χ0n) is 7.09. The van der Waals surface area contributed by atoms with Crippen LogP contribution in [0.1, 0.15) is 28.0 Å². The number of nitrogens with two attached hydrogens (primary N) is 1. The second-order valence-corrected chi connectivity index (χ2v) is 2.62. The average molecular weight is 202 g/mol. The van der Waals surface area contributed by atoms with E-state index in [9.17, 15) is 18.4 Å². The van der Waals surface area contributed by atoms with E-state index < -0.39 is 17.5 Å². The molecule has 76 valence electrons. The zero-order chi connectivity index (χ0) is 10.7. The molecule has 0 atom stereocenters. The predicted octanol–water partition coefficient (Wildman–Crippen LogP) is 0.584. The lowest BCUT2D eigenvalue weighted by atomic mass is 10.1. The van der Waals surface area contributed by atoms with Gasteiger partial charge in [-0.1, -0.05) is 0 Å².